The Morgan fingerprint density at radius 3 is 2.67 bits per heavy atom. The average molecular weight is 421 g/mol. The Kier molecular flexibility index (Phi) is 5.59. The standard InChI is InChI=1S/C24H21FN2O2S/c1-15-10-11-20(25)21(12-15)27-22(28)14-30-24(27)17-7-5-8-18(13-17)26-23(29)19-9-4-3-6-16(19)2/h3-13,24H,14H2,1-2H3,(H,26,29)/t24-/m1/s1. The van der Waals surface area contributed by atoms with Gasteiger partial charge in [-0.25, -0.2) is 4.39 Å². The number of nitrogens with one attached hydrogen (secondary N) is 1. The van der Waals surface area contributed by atoms with Crippen molar-refractivity contribution in [2.45, 2.75) is 19.2 Å². The van der Waals surface area contributed by atoms with Crippen LogP contribution in [0.2, 0.25) is 0 Å². The molecule has 152 valence electrons. The maximum Gasteiger partial charge on any atom is 0.255 e. The summed E-state index contributed by atoms with van der Waals surface area (Å²) in [6.07, 6.45) is 0. The summed E-state index contributed by atoms with van der Waals surface area (Å²) in [6.45, 7) is 3.76. The Balaban J connectivity index is 1.63. The number of rotatable bonds is 4. The summed E-state index contributed by atoms with van der Waals surface area (Å²) < 4.78 is 14.5. The molecule has 1 atom stereocenters. The Morgan fingerprint density at radius 2 is 1.87 bits per heavy atom. The first-order chi connectivity index (χ1) is 14.4. The normalized spacial score (nSPS) is 16.0. The number of aryl methyl sites for hydroxylation is 2. The van der Waals surface area contributed by atoms with Crippen molar-refractivity contribution in [1.29, 1.82) is 0 Å². The lowest BCUT2D eigenvalue weighted by atomic mass is 10.1. The lowest BCUT2D eigenvalue weighted by molar-refractivity contribution is -0.115. The Bertz CT molecular complexity index is 1130. The van der Waals surface area contributed by atoms with Gasteiger partial charge in [0.25, 0.3) is 5.91 Å². The van der Waals surface area contributed by atoms with Crippen molar-refractivity contribution in [1.82, 2.24) is 0 Å². The number of carbonyl (C=O) groups is 2. The van der Waals surface area contributed by atoms with Crippen LogP contribution in [0.4, 0.5) is 15.8 Å². The molecule has 1 heterocycles. The molecule has 3 aromatic rings. The monoisotopic (exact) mass is 420 g/mol. The minimum Gasteiger partial charge on any atom is -0.322 e. The first-order valence-electron chi connectivity index (χ1n) is 9.61. The fraction of sp³-hybridized carbons (Fsp3) is 0.167. The molecule has 4 nitrogen and oxygen atoms in total. The predicted octanol–water partition coefficient (Wildman–Crippen LogP) is 5.47. The number of nitrogens with zero attached hydrogens (tertiary/aromatic N) is 1. The van der Waals surface area contributed by atoms with Gasteiger partial charge in [0.2, 0.25) is 5.91 Å². The van der Waals surface area contributed by atoms with Crippen LogP contribution in [0.25, 0.3) is 0 Å². The van der Waals surface area contributed by atoms with Gasteiger partial charge in [-0.2, -0.15) is 0 Å². The molecule has 1 aliphatic heterocycles. The van der Waals surface area contributed by atoms with Crippen LogP contribution < -0.4 is 10.2 Å². The summed E-state index contributed by atoms with van der Waals surface area (Å²) in [5.74, 6) is -0.478. The molecule has 3 aromatic carbocycles. The first kappa shape index (κ1) is 20.2. The third kappa shape index (κ3) is 3.96. The van der Waals surface area contributed by atoms with E-state index in [0.29, 0.717) is 11.3 Å². The molecule has 1 fully saturated rings. The maximum absolute atomic E-state index is 14.5. The van der Waals surface area contributed by atoms with Crippen molar-refractivity contribution >= 4 is 35.0 Å². The number of hydrogen-bond donors (Lipinski definition) is 1. The third-order valence-electron chi connectivity index (χ3n) is 5.05. The van der Waals surface area contributed by atoms with Crippen molar-refractivity contribution in [3.05, 3.63) is 94.8 Å². The van der Waals surface area contributed by atoms with Crippen molar-refractivity contribution in [2.75, 3.05) is 16.0 Å². The van der Waals surface area contributed by atoms with Gasteiger partial charge < -0.3 is 5.32 Å². The average Bonchev–Trinajstić information content (AvgIpc) is 3.11. The smallest absolute Gasteiger partial charge is 0.255 e. The van der Waals surface area contributed by atoms with Gasteiger partial charge in [-0.05, 0) is 60.9 Å². The van der Waals surface area contributed by atoms with Gasteiger partial charge in [-0.3, -0.25) is 14.5 Å². The number of anilines is 2. The van der Waals surface area contributed by atoms with E-state index in [-0.39, 0.29) is 28.6 Å². The molecule has 0 spiro atoms. The van der Waals surface area contributed by atoms with Gasteiger partial charge in [0, 0.05) is 11.3 Å². The van der Waals surface area contributed by atoms with E-state index in [1.807, 2.05) is 50.2 Å². The van der Waals surface area contributed by atoms with E-state index < -0.39 is 5.82 Å². The number of benzene rings is 3. The number of amides is 2. The summed E-state index contributed by atoms with van der Waals surface area (Å²) in [5.41, 5.74) is 4.12. The van der Waals surface area contributed by atoms with Crippen LogP contribution in [0.1, 0.15) is 32.4 Å². The molecule has 0 aromatic heterocycles. The molecule has 6 heteroatoms. The van der Waals surface area contributed by atoms with E-state index >= 15 is 0 Å². The number of hydrogen-bond acceptors (Lipinski definition) is 3. The summed E-state index contributed by atoms with van der Waals surface area (Å²) >= 11 is 1.44. The molecule has 1 aliphatic rings. The summed E-state index contributed by atoms with van der Waals surface area (Å²) in [5, 5.41) is 2.57. The van der Waals surface area contributed by atoms with Crippen molar-refractivity contribution < 1.29 is 14.0 Å². The van der Waals surface area contributed by atoms with Gasteiger partial charge in [0.15, 0.2) is 0 Å². The van der Waals surface area contributed by atoms with E-state index in [0.717, 1.165) is 16.7 Å². The van der Waals surface area contributed by atoms with E-state index in [9.17, 15) is 14.0 Å². The van der Waals surface area contributed by atoms with E-state index in [4.69, 9.17) is 0 Å². The van der Waals surface area contributed by atoms with Gasteiger partial charge in [-0.1, -0.05) is 36.4 Å². The minimum absolute atomic E-state index is 0.135. The van der Waals surface area contributed by atoms with Gasteiger partial charge in [0.1, 0.15) is 11.2 Å². The largest absolute Gasteiger partial charge is 0.322 e. The van der Waals surface area contributed by atoms with Gasteiger partial charge in [-0.15, -0.1) is 11.8 Å². The van der Waals surface area contributed by atoms with E-state index in [2.05, 4.69) is 5.32 Å². The van der Waals surface area contributed by atoms with Crippen molar-refractivity contribution in [2.24, 2.45) is 0 Å². The Labute approximate surface area is 179 Å². The van der Waals surface area contributed by atoms with Crippen molar-refractivity contribution in [3.8, 4) is 0 Å². The lowest BCUT2D eigenvalue weighted by Gasteiger charge is -2.25. The predicted molar refractivity (Wildman–Crippen MR) is 119 cm³/mol. The van der Waals surface area contributed by atoms with Crippen LogP contribution in [0, 0.1) is 19.7 Å². The Morgan fingerprint density at radius 1 is 1.07 bits per heavy atom. The maximum atomic E-state index is 14.5. The molecule has 0 radical (unpaired) electrons. The molecule has 0 bridgehead atoms. The molecule has 2 amide bonds. The summed E-state index contributed by atoms with van der Waals surface area (Å²) in [4.78, 5) is 26.7. The van der Waals surface area contributed by atoms with Crippen molar-refractivity contribution in [3.63, 3.8) is 0 Å². The summed E-state index contributed by atoms with van der Waals surface area (Å²) in [6, 6.07) is 19.5. The number of halogens is 1. The molecule has 30 heavy (non-hydrogen) atoms. The molecule has 4 rings (SSSR count). The van der Waals surface area contributed by atoms with E-state index in [1.54, 1.807) is 24.3 Å². The second kappa shape index (κ2) is 8.32. The highest BCUT2D eigenvalue weighted by atomic mass is 32.2. The fourth-order valence-corrected chi connectivity index (χ4v) is 4.69. The summed E-state index contributed by atoms with van der Waals surface area (Å²) in [7, 11) is 0. The fourth-order valence-electron chi connectivity index (χ4n) is 3.53. The topological polar surface area (TPSA) is 49.4 Å². The third-order valence-corrected chi connectivity index (χ3v) is 6.26. The van der Waals surface area contributed by atoms with Crippen LogP contribution in [-0.2, 0) is 4.79 Å². The zero-order valence-electron chi connectivity index (χ0n) is 16.7. The molecular formula is C24H21FN2O2S. The highest BCUT2D eigenvalue weighted by molar-refractivity contribution is 8.00. The molecule has 0 aliphatic carbocycles. The molecular weight excluding hydrogens is 399 g/mol. The highest BCUT2D eigenvalue weighted by Gasteiger charge is 2.35. The number of thioether (sulfide) groups is 1. The second-order valence-electron chi connectivity index (χ2n) is 7.28. The SMILES string of the molecule is Cc1ccc(F)c(N2C(=O)CS[C@@H]2c2cccc(NC(=O)c3ccccc3C)c2)c1. The van der Waals surface area contributed by atoms with Gasteiger partial charge >= 0.3 is 0 Å². The zero-order valence-corrected chi connectivity index (χ0v) is 17.5. The van der Waals surface area contributed by atoms with Crippen LogP contribution in [0.5, 0.6) is 0 Å². The number of carbonyl (C=O) groups excluding carboxylic acids is 2. The van der Waals surface area contributed by atoms with Crippen LogP contribution in [0.3, 0.4) is 0 Å². The second-order valence-corrected chi connectivity index (χ2v) is 8.35. The van der Waals surface area contributed by atoms with Crippen LogP contribution >= 0.6 is 11.8 Å². The zero-order chi connectivity index (χ0) is 21.3. The van der Waals surface area contributed by atoms with Crippen LogP contribution in [0.15, 0.2) is 66.7 Å². The quantitative estimate of drug-likeness (QED) is 0.609. The molecule has 0 saturated carbocycles. The molecule has 0 unspecified atom stereocenters. The minimum atomic E-state index is -0.425. The van der Waals surface area contributed by atoms with E-state index in [1.165, 1.54) is 22.7 Å². The van der Waals surface area contributed by atoms with Gasteiger partial charge in [0.05, 0.1) is 11.4 Å². The Hall–Kier alpha value is -3.12. The molecule has 1 N–H and O–H groups in total. The van der Waals surface area contributed by atoms with Crippen LogP contribution in [-0.4, -0.2) is 17.6 Å². The first-order valence-corrected chi connectivity index (χ1v) is 10.7. The lowest BCUT2D eigenvalue weighted by Crippen LogP contribution is -2.28. The highest BCUT2D eigenvalue weighted by Crippen LogP contribution is 2.43. The molecule has 1 saturated heterocycles.